The lowest BCUT2D eigenvalue weighted by molar-refractivity contribution is -0.139. The molecule has 68 valence electrons. The number of alkyl halides is 3. The smallest absolute Gasteiger partial charge is 0.346 e. The predicted molar refractivity (Wildman–Crippen MR) is 33.8 cm³/mol. The molecule has 0 saturated heterocycles. The third-order valence-electron chi connectivity index (χ3n) is 1.05. The second-order valence-electron chi connectivity index (χ2n) is 2.18. The maximum atomic E-state index is 11.5. The van der Waals surface area contributed by atoms with Crippen LogP contribution >= 0.6 is 0 Å². The first kappa shape index (κ1) is 10.8. The predicted octanol–water partition coefficient (Wildman–Crippen LogP) is 0.825. The van der Waals surface area contributed by atoms with Crippen LogP contribution in [0.2, 0.25) is 0 Å². The van der Waals surface area contributed by atoms with Crippen LogP contribution in [0, 0.1) is 17.2 Å². The summed E-state index contributed by atoms with van der Waals surface area (Å²) < 4.78 is 34.5. The Bertz CT molecular complexity index is 206. The summed E-state index contributed by atoms with van der Waals surface area (Å²) in [5.74, 6) is -1.96. The molecule has 0 aliphatic heterocycles. The van der Waals surface area contributed by atoms with Crippen molar-refractivity contribution in [2.75, 3.05) is 6.54 Å². The molecule has 1 atom stereocenters. The van der Waals surface area contributed by atoms with Crippen molar-refractivity contribution in [3.8, 4) is 6.07 Å². The van der Waals surface area contributed by atoms with Crippen LogP contribution in [-0.4, -0.2) is 18.6 Å². The van der Waals surface area contributed by atoms with Gasteiger partial charge in [-0.25, -0.2) is 0 Å². The van der Waals surface area contributed by atoms with Crippen LogP contribution in [0.4, 0.5) is 13.2 Å². The first-order valence-electron chi connectivity index (χ1n) is 3.11. The highest BCUT2D eigenvalue weighted by Gasteiger charge is 2.28. The van der Waals surface area contributed by atoms with Crippen molar-refractivity contribution in [1.29, 1.82) is 5.26 Å². The topological polar surface area (TPSA) is 52.9 Å². The van der Waals surface area contributed by atoms with Crippen molar-refractivity contribution in [2.45, 2.75) is 13.1 Å². The van der Waals surface area contributed by atoms with Gasteiger partial charge in [-0.15, -0.1) is 0 Å². The number of carbonyl (C=O) groups excluding carboxylic acids is 1. The Hall–Kier alpha value is -1.25. The number of carbonyl (C=O) groups is 1. The Morgan fingerprint density at radius 3 is 2.50 bits per heavy atom. The summed E-state index contributed by atoms with van der Waals surface area (Å²) in [5, 5.41) is 9.73. The van der Waals surface area contributed by atoms with Gasteiger partial charge in [0.1, 0.15) is 12.5 Å². The fourth-order valence-electron chi connectivity index (χ4n) is 0.399. The number of nitrogens with one attached hydrogen (secondary N) is 1. The zero-order valence-electron chi connectivity index (χ0n) is 6.27. The van der Waals surface area contributed by atoms with E-state index in [1.165, 1.54) is 13.0 Å². The monoisotopic (exact) mass is 180 g/mol. The molecular weight excluding hydrogens is 173 g/mol. The standard InChI is InChI=1S/C6H7F3N2O/c1-4(2-10)5(12)11-3-6(7,8)9/h4H,3H2,1H3,(H,11,12). The number of amides is 1. The van der Waals surface area contributed by atoms with E-state index < -0.39 is 24.5 Å². The Morgan fingerprint density at radius 1 is 1.67 bits per heavy atom. The van der Waals surface area contributed by atoms with Gasteiger partial charge in [0.15, 0.2) is 0 Å². The number of nitriles is 1. The molecule has 0 aliphatic carbocycles. The second kappa shape index (κ2) is 3.95. The minimum Gasteiger partial charge on any atom is -0.346 e. The van der Waals surface area contributed by atoms with Gasteiger partial charge in [0, 0.05) is 0 Å². The average molecular weight is 180 g/mol. The highest BCUT2D eigenvalue weighted by molar-refractivity contribution is 5.80. The van der Waals surface area contributed by atoms with E-state index in [2.05, 4.69) is 0 Å². The molecule has 6 heteroatoms. The summed E-state index contributed by atoms with van der Waals surface area (Å²) in [6, 6.07) is 1.52. The van der Waals surface area contributed by atoms with Gasteiger partial charge in [-0.3, -0.25) is 4.79 Å². The fourth-order valence-corrected chi connectivity index (χ4v) is 0.399. The van der Waals surface area contributed by atoms with Gasteiger partial charge >= 0.3 is 6.18 Å². The first-order valence-corrected chi connectivity index (χ1v) is 3.11. The molecule has 1 amide bonds. The molecule has 0 fully saturated rings. The van der Waals surface area contributed by atoms with Crippen LogP contribution in [-0.2, 0) is 4.79 Å². The molecule has 0 spiro atoms. The van der Waals surface area contributed by atoms with Crippen molar-refractivity contribution in [3.63, 3.8) is 0 Å². The lowest BCUT2D eigenvalue weighted by atomic mass is 10.2. The van der Waals surface area contributed by atoms with Gasteiger partial charge in [-0.2, -0.15) is 18.4 Å². The molecule has 0 radical (unpaired) electrons. The minimum atomic E-state index is -4.43. The largest absolute Gasteiger partial charge is 0.405 e. The Labute approximate surface area is 67.2 Å². The summed E-state index contributed by atoms with van der Waals surface area (Å²) in [5.41, 5.74) is 0. The summed E-state index contributed by atoms with van der Waals surface area (Å²) in [7, 11) is 0. The van der Waals surface area contributed by atoms with Crippen LogP contribution in [0.25, 0.3) is 0 Å². The number of halogens is 3. The third kappa shape index (κ3) is 4.55. The molecule has 3 nitrogen and oxygen atoms in total. The van der Waals surface area contributed by atoms with Gasteiger partial charge < -0.3 is 5.32 Å². The third-order valence-corrected chi connectivity index (χ3v) is 1.05. The number of hydrogen-bond donors (Lipinski definition) is 1. The van der Waals surface area contributed by atoms with Crippen molar-refractivity contribution in [3.05, 3.63) is 0 Å². The van der Waals surface area contributed by atoms with Crippen molar-refractivity contribution >= 4 is 5.91 Å². The molecule has 0 aliphatic rings. The van der Waals surface area contributed by atoms with Gasteiger partial charge in [0.2, 0.25) is 5.91 Å². The maximum Gasteiger partial charge on any atom is 0.405 e. The highest BCUT2D eigenvalue weighted by Crippen LogP contribution is 2.12. The molecule has 1 unspecified atom stereocenters. The number of hydrogen-bond acceptors (Lipinski definition) is 2. The maximum absolute atomic E-state index is 11.5. The van der Waals surface area contributed by atoms with Gasteiger partial charge in [-0.05, 0) is 6.92 Å². The van der Waals surface area contributed by atoms with E-state index in [1.54, 1.807) is 5.32 Å². The van der Waals surface area contributed by atoms with Crippen molar-refractivity contribution < 1.29 is 18.0 Å². The molecular formula is C6H7F3N2O. The second-order valence-corrected chi connectivity index (χ2v) is 2.18. The highest BCUT2D eigenvalue weighted by atomic mass is 19.4. The minimum absolute atomic E-state index is 0.908. The zero-order valence-corrected chi connectivity index (χ0v) is 6.27. The molecule has 0 bridgehead atoms. The fraction of sp³-hybridized carbons (Fsp3) is 0.667. The van der Waals surface area contributed by atoms with Crippen LogP contribution in [0.15, 0.2) is 0 Å². The first-order chi connectivity index (χ1) is 5.37. The lowest BCUT2D eigenvalue weighted by Crippen LogP contribution is -2.36. The summed E-state index contributed by atoms with van der Waals surface area (Å²) in [6.07, 6.45) is -4.43. The summed E-state index contributed by atoms with van der Waals surface area (Å²) in [6.45, 7) is -0.163. The molecule has 0 aromatic carbocycles. The Balaban J connectivity index is 3.82. The molecule has 0 saturated carbocycles. The van der Waals surface area contributed by atoms with E-state index >= 15 is 0 Å². The Morgan fingerprint density at radius 2 is 2.17 bits per heavy atom. The van der Waals surface area contributed by atoms with Crippen molar-refractivity contribution in [1.82, 2.24) is 5.32 Å². The lowest BCUT2D eigenvalue weighted by Gasteiger charge is -2.08. The Kier molecular flexibility index (Phi) is 3.54. The van der Waals surface area contributed by atoms with E-state index in [0.29, 0.717) is 0 Å². The average Bonchev–Trinajstić information content (AvgIpc) is 1.97. The van der Waals surface area contributed by atoms with Crippen LogP contribution in [0.5, 0.6) is 0 Å². The van der Waals surface area contributed by atoms with Gasteiger partial charge in [0.25, 0.3) is 0 Å². The molecule has 12 heavy (non-hydrogen) atoms. The SMILES string of the molecule is CC(C#N)C(=O)NCC(F)(F)F. The van der Waals surface area contributed by atoms with E-state index in [9.17, 15) is 18.0 Å². The molecule has 0 aromatic rings. The molecule has 0 heterocycles. The zero-order chi connectivity index (χ0) is 9.78. The van der Waals surface area contributed by atoms with Crippen molar-refractivity contribution in [2.24, 2.45) is 5.92 Å². The van der Waals surface area contributed by atoms with E-state index in [0.717, 1.165) is 0 Å². The van der Waals surface area contributed by atoms with Gasteiger partial charge in [-0.1, -0.05) is 0 Å². The van der Waals surface area contributed by atoms with E-state index in [4.69, 9.17) is 5.26 Å². The molecule has 1 N–H and O–H groups in total. The molecule has 0 aromatic heterocycles. The quantitative estimate of drug-likeness (QED) is 0.684. The number of rotatable bonds is 2. The van der Waals surface area contributed by atoms with Crippen LogP contribution in [0.1, 0.15) is 6.92 Å². The summed E-state index contributed by atoms with van der Waals surface area (Å²) >= 11 is 0. The van der Waals surface area contributed by atoms with Crippen LogP contribution in [0.3, 0.4) is 0 Å². The van der Waals surface area contributed by atoms with E-state index in [-0.39, 0.29) is 0 Å². The number of nitrogens with zero attached hydrogens (tertiary/aromatic N) is 1. The van der Waals surface area contributed by atoms with Crippen LogP contribution < -0.4 is 5.32 Å². The van der Waals surface area contributed by atoms with Gasteiger partial charge in [0.05, 0.1) is 6.07 Å². The summed E-state index contributed by atoms with van der Waals surface area (Å²) in [4.78, 5) is 10.6. The van der Waals surface area contributed by atoms with E-state index in [1.807, 2.05) is 0 Å². The molecule has 0 rings (SSSR count). The normalized spacial score (nSPS) is 13.2.